The zero-order valence-electron chi connectivity index (χ0n) is 20.1. The third-order valence-electron chi connectivity index (χ3n) is 6.36. The highest BCUT2D eigenvalue weighted by Crippen LogP contribution is 2.38. The number of aromatic nitrogens is 3. The molecule has 0 bridgehead atoms. The number of halogens is 2. The summed E-state index contributed by atoms with van der Waals surface area (Å²) in [5.74, 6) is -2.56. The number of nitrogens with one attached hydrogen (secondary N) is 1. The van der Waals surface area contributed by atoms with Gasteiger partial charge in [0.25, 0.3) is 11.8 Å². The molecular formula is C27H25F2N5O2. The summed E-state index contributed by atoms with van der Waals surface area (Å²) in [7, 11) is 0. The second kappa shape index (κ2) is 8.82. The average Bonchev–Trinajstić information content (AvgIpc) is 3.34. The van der Waals surface area contributed by atoms with Crippen molar-refractivity contribution in [3.05, 3.63) is 82.4 Å². The average molecular weight is 490 g/mol. The van der Waals surface area contributed by atoms with E-state index < -0.39 is 17.5 Å². The highest BCUT2D eigenvalue weighted by atomic mass is 19.2. The van der Waals surface area contributed by atoms with Gasteiger partial charge in [-0.1, -0.05) is 19.9 Å². The molecule has 1 aliphatic heterocycles. The van der Waals surface area contributed by atoms with Crippen LogP contribution in [0.15, 0.2) is 42.7 Å². The largest absolute Gasteiger partial charge is 0.366 e. The Morgan fingerprint density at radius 1 is 1.17 bits per heavy atom. The summed E-state index contributed by atoms with van der Waals surface area (Å²) in [6.07, 6.45) is 3.93. The van der Waals surface area contributed by atoms with Crippen molar-refractivity contribution in [2.45, 2.75) is 39.8 Å². The van der Waals surface area contributed by atoms with Crippen molar-refractivity contribution in [3.8, 4) is 11.1 Å². The lowest BCUT2D eigenvalue weighted by atomic mass is 9.90. The van der Waals surface area contributed by atoms with E-state index >= 15 is 0 Å². The summed E-state index contributed by atoms with van der Waals surface area (Å²) in [6.45, 7) is 6.19. The monoisotopic (exact) mass is 489 g/mol. The summed E-state index contributed by atoms with van der Waals surface area (Å²) in [5.41, 5.74) is 9.78. The topological polar surface area (TPSA) is 103 Å². The summed E-state index contributed by atoms with van der Waals surface area (Å²) in [5, 5.41) is 3.64. The van der Waals surface area contributed by atoms with Gasteiger partial charge in [0.1, 0.15) is 5.65 Å². The first kappa shape index (κ1) is 23.6. The van der Waals surface area contributed by atoms with E-state index in [9.17, 15) is 18.4 Å². The van der Waals surface area contributed by atoms with Crippen molar-refractivity contribution in [2.24, 2.45) is 11.7 Å². The molecule has 36 heavy (non-hydrogen) atoms. The second-order valence-electron chi connectivity index (χ2n) is 9.56. The molecule has 0 saturated carbocycles. The molecule has 2 amide bonds. The van der Waals surface area contributed by atoms with Crippen LogP contribution in [0.3, 0.4) is 0 Å². The number of benzene rings is 1. The minimum absolute atomic E-state index is 0.216. The predicted octanol–water partition coefficient (Wildman–Crippen LogP) is 4.53. The Hall–Kier alpha value is -4.14. The number of fused-ring (bicyclic) bond motifs is 2. The van der Waals surface area contributed by atoms with Gasteiger partial charge in [0.15, 0.2) is 11.6 Å². The van der Waals surface area contributed by atoms with E-state index in [1.54, 1.807) is 12.4 Å². The fourth-order valence-corrected chi connectivity index (χ4v) is 4.80. The van der Waals surface area contributed by atoms with Gasteiger partial charge in [-0.25, -0.2) is 13.8 Å². The van der Waals surface area contributed by atoms with E-state index in [0.717, 1.165) is 17.5 Å². The molecule has 0 saturated heterocycles. The summed E-state index contributed by atoms with van der Waals surface area (Å²) < 4.78 is 28.8. The quantitative estimate of drug-likeness (QED) is 0.415. The lowest BCUT2D eigenvalue weighted by Crippen LogP contribution is -2.20. The number of nitrogens with two attached hydrogens (primary N) is 1. The summed E-state index contributed by atoms with van der Waals surface area (Å²) in [4.78, 5) is 34.9. The molecular weight excluding hydrogens is 464 g/mol. The van der Waals surface area contributed by atoms with Gasteiger partial charge in [-0.15, -0.1) is 0 Å². The molecule has 1 unspecified atom stereocenters. The maximum atomic E-state index is 13.7. The zero-order chi connectivity index (χ0) is 25.7. The molecule has 4 heterocycles. The molecule has 0 radical (unpaired) electrons. The Morgan fingerprint density at radius 3 is 2.64 bits per heavy atom. The Labute approximate surface area is 206 Å². The van der Waals surface area contributed by atoms with Crippen molar-refractivity contribution in [3.63, 3.8) is 0 Å². The van der Waals surface area contributed by atoms with Crippen LogP contribution in [0.4, 0.5) is 8.78 Å². The predicted molar refractivity (Wildman–Crippen MR) is 131 cm³/mol. The first-order valence-electron chi connectivity index (χ1n) is 11.7. The van der Waals surface area contributed by atoms with E-state index in [0.29, 0.717) is 52.3 Å². The number of carbonyl (C=O) groups is 2. The number of primary amides is 1. The molecule has 4 aromatic rings. The number of hydrogen-bond acceptors (Lipinski definition) is 4. The SMILES string of the molecule is CC(C)Cc1nc2c(c(-c3cnc4c(ccn4Cc4ccc(F)c(F)c4)c3)c1C(N)=O)C(=O)NC2C. The Morgan fingerprint density at radius 2 is 1.94 bits per heavy atom. The van der Waals surface area contributed by atoms with Crippen LogP contribution < -0.4 is 11.1 Å². The van der Waals surface area contributed by atoms with Crippen LogP contribution in [0.2, 0.25) is 0 Å². The molecule has 7 nitrogen and oxygen atoms in total. The van der Waals surface area contributed by atoms with Crippen LogP contribution in [-0.4, -0.2) is 26.3 Å². The van der Waals surface area contributed by atoms with Crippen LogP contribution in [0.5, 0.6) is 0 Å². The third-order valence-corrected chi connectivity index (χ3v) is 6.36. The summed E-state index contributed by atoms with van der Waals surface area (Å²) >= 11 is 0. The van der Waals surface area contributed by atoms with Gasteiger partial charge in [0, 0.05) is 35.5 Å². The van der Waals surface area contributed by atoms with Crippen molar-refractivity contribution in [2.75, 3.05) is 0 Å². The van der Waals surface area contributed by atoms with E-state index in [2.05, 4.69) is 10.3 Å². The van der Waals surface area contributed by atoms with Gasteiger partial charge in [-0.05, 0) is 49.1 Å². The van der Waals surface area contributed by atoms with Gasteiger partial charge in [-0.3, -0.25) is 14.6 Å². The smallest absolute Gasteiger partial charge is 0.254 e. The van der Waals surface area contributed by atoms with Crippen molar-refractivity contribution in [1.82, 2.24) is 19.9 Å². The number of nitrogens with zero attached hydrogens (tertiary/aromatic N) is 3. The first-order valence-corrected chi connectivity index (χ1v) is 11.7. The molecule has 9 heteroatoms. The van der Waals surface area contributed by atoms with Gasteiger partial charge in [0.05, 0.1) is 28.6 Å². The van der Waals surface area contributed by atoms with Crippen LogP contribution in [0.25, 0.3) is 22.2 Å². The normalized spacial score (nSPS) is 14.9. The van der Waals surface area contributed by atoms with Crippen molar-refractivity contribution in [1.29, 1.82) is 0 Å². The molecule has 184 valence electrons. The number of carbonyl (C=O) groups excluding carboxylic acids is 2. The maximum absolute atomic E-state index is 13.7. The molecule has 3 N–H and O–H groups in total. The van der Waals surface area contributed by atoms with Gasteiger partial charge in [0.2, 0.25) is 0 Å². The minimum atomic E-state index is -0.908. The lowest BCUT2D eigenvalue weighted by Gasteiger charge is -2.17. The highest BCUT2D eigenvalue weighted by molar-refractivity contribution is 6.11. The number of amides is 2. The van der Waals surface area contributed by atoms with Gasteiger partial charge < -0.3 is 15.6 Å². The second-order valence-corrected chi connectivity index (χ2v) is 9.56. The fourth-order valence-electron chi connectivity index (χ4n) is 4.80. The summed E-state index contributed by atoms with van der Waals surface area (Å²) in [6, 6.07) is 7.17. The highest BCUT2D eigenvalue weighted by Gasteiger charge is 2.35. The molecule has 1 aliphatic rings. The fraction of sp³-hybridized carbons (Fsp3) is 0.259. The van der Waals surface area contributed by atoms with E-state index in [-0.39, 0.29) is 23.4 Å². The molecule has 0 aliphatic carbocycles. The molecule has 5 rings (SSSR count). The standard InChI is InChI=1S/C27H25F2N5O2/c1-13(2)8-20-22(25(30)35)21(23-24(33-20)14(3)32-27(23)36)17-10-16-6-7-34(26(16)31-11-17)12-15-4-5-18(28)19(29)9-15/h4-7,9-11,13-14H,8,12H2,1-3H3,(H2,30,35)(H,32,36). The van der Waals surface area contributed by atoms with E-state index in [1.807, 2.05) is 37.5 Å². The number of hydrogen-bond donors (Lipinski definition) is 2. The van der Waals surface area contributed by atoms with E-state index in [1.165, 1.54) is 6.07 Å². The van der Waals surface area contributed by atoms with Gasteiger partial charge in [-0.2, -0.15) is 0 Å². The number of rotatable bonds is 6. The Balaban J connectivity index is 1.66. The van der Waals surface area contributed by atoms with Crippen LogP contribution in [0, 0.1) is 17.6 Å². The third kappa shape index (κ3) is 4.00. The van der Waals surface area contributed by atoms with E-state index in [4.69, 9.17) is 10.7 Å². The zero-order valence-corrected chi connectivity index (χ0v) is 20.1. The van der Waals surface area contributed by atoms with Crippen LogP contribution in [-0.2, 0) is 13.0 Å². The molecule has 0 fully saturated rings. The van der Waals surface area contributed by atoms with Crippen molar-refractivity contribution >= 4 is 22.8 Å². The van der Waals surface area contributed by atoms with Gasteiger partial charge >= 0.3 is 0 Å². The molecule has 1 aromatic carbocycles. The Bertz CT molecular complexity index is 1540. The van der Waals surface area contributed by atoms with Crippen LogP contribution >= 0.6 is 0 Å². The van der Waals surface area contributed by atoms with Crippen molar-refractivity contribution < 1.29 is 18.4 Å². The van der Waals surface area contributed by atoms with Crippen LogP contribution in [0.1, 0.15) is 64.5 Å². The Kier molecular flexibility index (Phi) is 5.78. The number of pyridine rings is 2. The molecule has 1 atom stereocenters. The molecule has 0 spiro atoms. The lowest BCUT2D eigenvalue weighted by molar-refractivity contribution is 0.0959. The maximum Gasteiger partial charge on any atom is 0.254 e. The first-order chi connectivity index (χ1) is 17.1. The molecule has 3 aromatic heterocycles. The minimum Gasteiger partial charge on any atom is -0.366 e.